The molecule has 0 unspecified atom stereocenters. The minimum Gasteiger partial charge on any atom is -0.245 e. The Bertz CT molecular complexity index is 251. The summed E-state index contributed by atoms with van der Waals surface area (Å²) < 4.78 is 0. The van der Waals surface area contributed by atoms with Crippen LogP contribution in [-0.2, 0) is 21.1 Å². The molecule has 0 rings (SSSR count). The smallest absolute Gasteiger partial charge is 0.245 e. The summed E-state index contributed by atoms with van der Waals surface area (Å²) >= 11 is 15.5. The zero-order valence-electron chi connectivity index (χ0n) is 25.0. The van der Waals surface area contributed by atoms with E-state index in [2.05, 4.69) is 76.4 Å². The largest absolute Gasteiger partial charge is 1.00 e. The van der Waals surface area contributed by atoms with E-state index in [9.17, 15) is 0 Å². The topological polar surface area (TPSA) is 0 Å². The SMILES string of the molecule is C.C.C.C.C.C.C.C.C=C[CH2-].C=C[CH2][AlH][CH3].C=C[CH2][AlH][CH3].C[CH2][AlH][CH3].C[CH2][AlH][CH3].C[CH2][AlH][CH3].Cl[SiH](Cl)Cl.[CH3][Al]([Cl])[Cl].[Li+].[Pt]. The summed E-state index contributed by atoms with van der Waals surface area (Å²) in [6.07, 6.45) is 5.48. The van der Waals surface area contributed by atoms with Gasteiger partial charge >= 0.3 is 37.9 Å². The molecule has 0 radical (unpaired) electrons. The number of allylic oxidation sites excluding steroid dienone is 3. The van der Waals surface area contributed by atoms with Crippen molar-refractivity contribution in [2.24, 2.45) is 0 Å². The van der Waals surface area contributed by atoms with Gasteiger partial charge in [0.05, 0.1) is 0 Å². The van der Waals surface area contributed by atoms with Crippen LogP contribution in [0.15, 0.2) is 38.0 Å². The van der Waals surface area contributed by atoms with Crippen LogP contribution in [0.2, 0.25) is 61.1 Å². The first-order chi connectivity index (χ1) is 15.4. The first kappa shape index (κ1) is 118. The van der Waals surface area contributed by atoms with Crippen molar-refractivity contribution >= 4 is 148 Å². The van der Waals surface area contributed by atoms with E-state index in [1.165, 1.54) is 32.5 Å². The Morgan fingerprint density at radius 2 is 0.698 bits per heavy atom. The maximum absolute atomic E-state index is 5.18. The van der Waals surface area contributed by atoms with Crippen molar-refractivity contribution in [3.63, 3.8) is 0 Å². The van der Waals surface area contributed by atoms with Gasteiger partial charge in [-0.25, -0.2) is 39.7 Å². The zero-order valence-corrected chi connectivity index (χ0v) is 40.4. The second-order valence-electron chi connectivity index (χ2n) is 6.21. The van der Waals surface area contributed by atoms with Crippen LogP contribution in [0.1, 0.15) is 80.2 Å². The summed E-state index contributed by atoms with van der Waals surface area (Å²) in [6, 6.07) is 0. The van der Waals surface area contributed by atoms with Crippen molar-refractivity contribution in [1.29, 1.82) is 0 Å². The van der Waals surface area contributed by atoms with Crippen molar-refractivity contribution in [2.45, 2.75) is 141 Å². The van der Waals surface area contributed by atoms with Gasteiger partial charge in [0.15, 0.2) is 0 Å². The molecule has 0 N–H and O–H groups in total. The average Bonchev–Trinajstić information content (AvgIpc) is 2.75. The fourth-order valence-corrected chi connectivity index (χ4v) is 1.22. The van der Waals surface area contributed by atoms with E-state index < -0.39 is 19.0 Å². The van der Waals surface area contributed by atoms with E-state index in [0.29, 0.717) is 76.1 Å². The second-order valence-corrected chi connectivity index (χ2v) is 27.4. The Morgan fingerprint density at radius 1 is 0.605 bits per heavy atom. The van der Waals surface area contributed by atoms with E-state index in [1.807, 2.05) is 17.9 Å². The number of halogens is 5. The Kier molecular flexibility index (Phi) is 471. The molecule has 0 atom stereocenters. The molecule has 270 valence electrons. The third kappa shape index (κ3) is 646. The van der Waals surface area contributed by atoms with Gasteiger partial charge in [-0.05, 0) is 0 Å². The Labute approximate surface area is 369 Å². The summed E-state index contributed by atoms with van der Waals surface area (Å²) in [5, 5.41) is 6.96. The van der Waals surface area contributed by atoms with Crippen molar-refractivity contribution in [3.8, 4) is 0 Å². The molecule has 0 saturated heterocycles. The van der Waals surface area contributed by atoms with Crippen LogP contribution >= 0.6 is 53.3 Å². The molecule has 0 spiro atoms. The van der Waals surface area contributed by atoms with Crippen LogP contribution in [0.25, 0.3) is 0 Å². The van der Waals surface area contributed by atoms with Crippen LogP contribution in [0.3, 0.4) is 0 Å². The minimum absolute atomic E-state index is 0. The monoisotopic (exact) mass is 1000 g/mol. The molecule has 0 heterocycles. The molecule has 0 aliphatic rings. The fraction of sp³-hybridized carbons (Fsp3) is 0.759. The molecular weight excluding hydrogens is 918 g/mol. The molecule has 43 heavy (non-hydrogen) atoms. The van der Waals surface area contributed by atoms with Gasteiger partial charge < -0.3 is 0 Å². The van der Waals surface area contributed by atoms with Gasteiger partial charge in [0.1, 0.15) is 0 Å². The van der Waals surface area contributed by atoms with E-state index in [-0.39, 0.29) is 99.3 Å². The number of hydrogen-bond acceptors (Lipinski definition) is 0. The van der Waals surface area contributed by atoms with E-state index in [4.69, 9.17) is 53.3 Å². The number of rotatable bonds is 7. The first-order valence-corrected chi connectivity index (χ1v) is 34.2. The number of hydrogen-bond donors (Lipinski definition) is 0. The minimum atomic E-state index is -1.72. The molecular formula is C29H86Al6Cl5LiPtSi. The van der Waals surface area contributed by atoms with Crippen molar-refractivity contribution in [1.82, 2.24) is 0 Å². The normalized spacial score (nSPS) is 5.09. The fourth-order valence-electron chi connectivity index (χ4n) is 0.408. The maximum Gasteiger partial charge on any atom is 1.00 e. The third-order valence-corrected chi connectivity index (χ3v) is 7.46. The molecule has 0 nitrogen and oxygen atoms in total. The molecule has 14 heteroatoms. The predicted molar refractivity (Wildman–Crippen MR) is 244 cm³/mol. The molecule has 0 aliphatic carbocycles. The van der Waals surface area contributed by atoms with Gasteiger partial charge in [-0.2, -0.15) is 0 Å². The predicted octanol–water partition coefficient (Wildman–Crippen LogP) is 11.0. The van der Waals surface area contributed by atoms with Gasteiger partial charge in [-0.1, -0.05) is 96.5 Å². The zero-order chi connectivity index (χ0) is 28.3. The molecule has 0 saturated carbocycles. The van der Waals surface area contributed by atoms with Crippen molar-refractivity contribution < 1.29 is 39.9 Å². The summed E-state index contributed by atoms with van der Waals surface area (Å²) in [7, 11) is 10.4. The van der Waals surface area contributed by atoms with E-state index in [0.717, 1.165) is 0 Å². The third-order valence-electron chi connectivity index (χ3n) is 2.49. The molecule has 0 aromatic rings. The van der Waals surface area contributed by atoms with E-state index in [1.54, 1.807) is 0 Å². The Morgan fingerprint density at radius 3 is 0.698 bits per heavy atom. The molecule has 0 amide bonds. The molecule has 0 aromatic heterocycles. The second kappa shape index (κ2) is 172. The molecule has 0 aliphatic heterocycles. The van der Waals surface area contributed by atoms with Gasteiger partial charge in [0.2, 0.25) is 76.1 Å². The molecule has 0 aromatic carbocycles. The summed E-state index contributed by atoms with van der Waals surface area (Å²) in [5.41, 5.74) is 0. The summed E-state index contributed by atoms with van der Waals surface area (Å²) in [6.45, 7) is 18.7. The standard InChI is InChI=1S/3C3H5.3C2H5.8CH4.6CH3.6Al.Cl3HSi.2ClH.Li.Pt.5H/c3*1-3-2;3*1-2;;;;;;;;;;;;;;;;;;;;;1-4(2)3;;;;;;;;;/h3*3H,1-2H2;3*1H2,2H3;8*1H4;6*1H3;;;;;;;4H;2*1H;;;;;;;/q;;-1;;;;;;;;;;;;;;;;;;;;;;;+2;;;;+1;;;;;;/p-2. The van der Waals surface area contributed by atoms with Gasteiger partial charge in [-0.15, -0.1) is 103 Å². The van der Waals surface area contributed by atoms with Crippen molar-refractivity contribution in [2.75, 3.05) is 0 Å². The van der Waals surface area contributed by atoms with Crippen LogP contribution in [0.5, 0.6) is 0 Å². The Balaban J connectivity index is -0.0000000101. The maximum atomic E-state index is 5.18. The quantitative estimate of drug-likeness (QED) is 0.103. The van der Waals surface area contributed by atoms with Gasteiger partial charge in [-0.3, -0.25) is 0 Å². The first-order valence-electron chi connectivity index (χ1n) is 12.3. The van der Waals surface area contributed by atoms with Crippen LogP contribution in [-0.4, -0.2) is 95.1 Å². The van der Waals surface area contributed by atoms with Gasteiger partial charge in [0.25, 0.3) is 0 Å². The van der Waals surface area contributed by atoms with Crippen LogP contribution in [0.4, 0.5) is 0 Å². The van der Waals surface area contributed by atoms with Crippen LogP contribution in [0, 0.1) is 6.92 Å². The summed E-state index contributed by atoms with van der Waals surface area (Å²) in [5.74, 6) is 13.4. The molecule has 0 bridgehead atoms. The molecule has 0 fully saturated rings. The summed E-state index contributed by atoms with van der Waals surface area (Å²) in [4.78, 5) is 0. The van der Waals surface area contributed by atoms with Gasteiger partial charge in [0, 0.05) is 21.1 Å². The average molecular weight is 1000 g/mol. The van der Waals surface area contributed by atoms with Crippen molar-refractivity contribution in [3.05, 3.63) is 44.9 Å². The van der Waals surface area contributed by atoms with E-state index >= 15 is 0 Å². The Hall–Kier alpha value is 5.24. The van der Waals surface area contributed by atoms with Crippen LogP contribution < -0.4 is 18.9 Å².